The van der Waals surface area contributed by atoms with Crippen LogP contribution in [-0.2, 0) is 10.0 Å². The minimum Gasteiger partial charge on any atom is -0.298 e. The van der Waals surface area contributed by atoms with Crippen molar-refractivity contribution in [3.8, 4) is 0 Å². The van der Waals surface area contributed by atoms with E-state index < -0.39 is 15.9 Å². The number of aromatic nitrogens is 1. The average Bonchev–Trinajstić information content (AvgIpc) is 3.16. The fourth-order valence-corrected chi connectivity index (χ4v) is 5.15. The molecule has 1 amide bonds. The van der Waals surface area contributed by atoms with Gasteiger partial charge in [0.15, 0.2) is 5.13 Å². The molecule has 0 saturated carbocycles. The molecule has 0 saturated heterocycles. The van der Waals surface area contributed by atoms with Crippen molar-refractivity contribution in [3.05, 3.63) is 83.4 Å². The van der Waals surface area contributed by atoms with Gasteiger partial charge in [-0.15, -0.1) is 0 Å². The van der Waals surface area contributed by atoms with Crippen LogP contribution < -0.4 is 9.62 Å². The number of sulfonamides is 1. The molecule has 30 heavy (non-hydrogen) atoms. The molecular formula is C21H16ClN3O3S2. The van der Waals surface area contributed by atoms with Crippen molar-refractivity contribution >= 4 is 59.9 Å². The van der Waals surface area contributed by atoms with Crippen LogP contribution in [0.3, 0.4) is 0 Å². The minimum absolute atomic E-state index is 0.0345. The van der Waals surface area contributed by atoms with Crippen molar-refractivity contribution < 1.29 is 13.2 Å². The maximum Gasteiger partial charge on any atom is 0.264 e. The molecule has 1 N–H and O–H groups in total. The van der Waals surface area contributed by atoms with Crippen molar-refractivity contribution in [2.75, 3.05) is 16.7 Å². The van der Waals surface area contributed by atoms with Gasteiger partial charge in [0, 0.05) is 7.05 Å². The zero-order valence-corrected chi connectivity index (χ0v) is 18.1. The second-order valence-electron chi connectivity index (χ2n) is 6.39. The molecule has 6 nitrogen and oxygen atoms in total. The Morgan fingerprint density at radius 1 is 1.03 bits per heavy atom. The number of benzene rings is 3. The third-order valence-corrected chi connectivity index (χ3v) is 7.54. The smallest absolute Gasteiger partial charge is 0.264 e. The van der Waals surface area contributed by atoms with E-state index in [1.807, 2.05) is 24.3 Å². The van der Waals surface area contributed by atoms with E-state index in [0.29, 0.717) is 10.8 Å². The number of rotatable bonds is 5. The van der Waals surface area contributed by atoms with E-state index >= 15 is 0 Å². The average molecular weight is 458 g/mol. The highest BCUT2D eigenvalue weighted by molar-refractivity contribution is 7.92. The molecule has 9 heteroatoms. The van der Waals surface area contributed by atoms with Crippen molar-refractivity contribution in [2.24, 2.45) is 0 Å². The maximum absolute atomic E-state index is 13.0. The summed E-state index contributed by atoms with van der Waals surface area (Å²) < 4.78 is 28.2. The van der Waals surface area contributed by atoms with Gasteiger partial charge in [-0.1, -0.05) is 53.3 Å². The number of hydrogen-bond acceptors (Lipinski definition) is 5. The molecule has 3 aromatic carbocycles. The number of nitrogens with one attached hydrogen (secondary N) is 1. The molecule has 4 aromatic rings. The third kappa shape index (κ3) is 3.89. The number of carbonyl (C=O) groups is 1. The summed E-state index contributed by atoms with van der Waals surface area (Å²) >= 11 is 7.52. The molecule has 0 bridgehead atoms. The molecule has 152 valence electrons. The second kappa shape index (κ2) is 8.06. The molecule has 0 aliphatic heterocycles. The quantitative estimate of drug-likeness (QED) is 0.456. The van der Waals surface area contributed by atoms with Crippen LogP contribution in [-0.4, -0.2) is 26.4 Å². The highest BCUT2D eigenvalue weighted by Gasteiger charge is 2.24. The fourth-order valence-electron chi connectivity index (χ4n) is 2.86. The first-order chi connectivity index (χ1) is 14.4. The summed E-state index contributed by atoms with van der Waals surface area (Å²) in [6.45, 7) is 0. The highest BCUT2D eigenvalue weighted by atomic mass is 35.5. The predicted octanol–water partition coefficient (Wildman–Crippen LogP) is 5.03. The topological polar surface area (TPSA) is 79.4 Å². The van der Waals surface area contributed by atoms with Gasteiger partial charge in [0.25, 0.3) is 15.9 Å². The van der Waals surface area contributed by atoms with Crippen molar-refractivity contribution in [1.29, 1.82) is 0 Å². The lowest BCUT2D eigenvalue weighted by Crippen LogP contribution is -2.27. The molecule has 0 aliphatic carbocycles. The van der Waals surface area contributed by atoms with E-state index in [-0.39, 0.29) is 15.5 Å². The van der Waals surface area contributed by atoms with Gasteiger partial charge in [-0.05, 0) is 42.5 Å². The molecule has 0 fully saturated rings. The van der Waals surface area contributed by atoms with Crippen LogP contribution in [0.25, 0.3) is 10.2 Å². The summed E-state index contributed by atoms with van der Waals surface area (Å²) in [5, 5.41) is 3.26. The number of thiazole rings is 1. The van der Waals surface area contributed by atoms with E-state index in [0.717, 1.165) is 14.5 Å². The Labute approximate surface area is 182 Å². The molecule has 0 spiro atoms. The first-order valence-corrected chi connectivity index (χ1v) is 11.5. The van der Waals surface area contributed by atoms with Crippen LogP contribution >= 0.6 is 22.9 Å². The summed E-state index contributed by atoms with van der Waals surface area (Å²) in [6, 6.07) is 20.2. The first-order valence-electron chi connectivity index (χ1n) is 8.87. The van der Waals surface area contributed by atoms with Crippen molar-refractivity contribution in [1.82, 2.24) is 4.98 Å². The number of carbonyl (C=O) groups excluding carboxylic acids is 1. The maximum atomic E-state index is 13.0. The highest BCUT2D eigenvalue weighted by Crippen LogP contribution is 2.28. The number of para-hydroxylation sites is 2. The van der Waals surface area contributed by atoms with E-state index in [4.69, 9.17) is 11.6 Å². The molecule has 1 aromatic heterocycles. The third-order valence-electron chi connectivity index (χ3n) is 4.47. The lowest BCUT2D eigenvalue weighted by molar-refractivity contribution is 0.102. The lowest BCUT2D eigenvalue weighted by atomic mass is 10.2. The van der Waals surface area contributed by atoms with E-state index in [9.17, 15) is 13.2 Å². The summed E-state index contributed by atoms with van der Waals surface area (Å²) in [6.07, 6.45) is 0. The summed E-state index contributed by atoms with van der Waals surface area (Å²) in [7, 11) is -2.42. The molecule has 4 rings (SSSR count). The van der Waals surface area contributed by atoms with Gasteiger partial charge in [-0.25, -0.2) is 13.4 Å². The molecule has 0 atom stereocenters. The Balaban J connectivity index is 1.64. The molecule has 0 radical (unpaired) electrons. The largest absolute Gasteiger partial charge is 0.298 e. The number of halogens is 1. The Morgan fingerprint density at radius 3 is 2.47 bits per heavy atom. The molecule has 0 unspecified atom stereocenters. The van der Waals surface area contributed by atoms with Crippen molar-refractivity contribution in [2.45, 2.75) is 4.90 Å². The predicted molar refractivity (Wildman–Crippen MR) is 121 cm³/mol. The van der Waals surface area contributed by atoms with Crippen LogP contribution in [0.1, 0.15) is 10.4 Å². The first kappa shape index (κ1) is 20.3. The van der Waals surface area contributed by atoms with E-state index in [2.05, 4.69) is 10.3 Å². The Hall–Kier alpha value is -2.94. The number of fused-ring (bicyclic) bond motifs is 1. The van der Waals surface area contributed by atoms with Gasteiger partial charge >= 0.3 is 0 Å². The molecule has 1 heterocycles. The summed E-state index contributed by atoms with van der Waals surface area (Å²) in [5.41, 5.74) is 1.33. The van der Waals surface area contributed by atoms with Crippen LogP contribution in [0.4, 0.5) is 10.8 Å². The Bertz CT molecular complexity index is 1310. The van der Waals surface area contributed by atoms with Crippen LogP contribution in [0.2, 0.25) is 5.02 Å². The molecular weight excluding hydrogens is 442 g/mol. The lowest BCUT2D eigenvalue weighted by Gasteiger charge is -2.20. The number of hydrogen-bond donors (Lipinski definition) is 1. The van der Waals surface area contributed by atoms with Crippen molar-refractivity contribution in [3.63, 3.8) is 0 Å². The number of anilines is 2. The number of amides is 1. The Morgan fingerprint density at radius 2 is 1.73 bits per heavy atom. The minimum atomic E-state index is -3.88. The zero-order valence-electron chi connectivity index (χ0n) is 15.7. The van der Waals surface area contributed by atoms with Crippen LogP contribution in [0.15, 0.2) is 77.7 Å². The van der Waals surface area contributed by atoms with Gasteiger partial charge < -0.3 is 0 Å². The van der Waals surface area contributed by atoms with Gasteiger partial charge in [0.05, 0.1) is 31.4 Å². The van der Waals surface area contributed by atoms with Crippen LogP contribution in [0, 0.1) is 0 Å². The normalized spacial score (nSPS) is 11.4. The monoisotopic (exact) mass is 457 g/mol. The standard InChI is InChI=1S/C21H16ClN3O3S2/c1-25(14-7-3-2-4-8-14)30(27,28)15-11-12-17(22)16(13-15)20(26)24-21-23-18-9-5-6-10-19(18)29-21/h2-13H,1H3,(H,23,24,26). The van der Waals surface area contributed by atoms with Gasteiger partial charge in [0.2, 0.25) is 0 Å². The van der Waals surface area contributed by atoms with E-state index in [1.165, 1.54) is 36.6 Å². The summed E-state index contributed by atoms with van der Waals surface area (Å²) in [5.74, 6) is -0.529. The van der Waals surface area contributed by atoms with Gasteiger partial charge in [-0.3, -0.25) is 14.4 Å². The SMILES string of the molecule is CN(c1ccccc1)S(=O)(=O)c1ccc(Cl)c(C(=O)Nc2nc3ccccc3s2)c1. The van der Waals surface area contributed by atoms with Crippen LogP contribution in [0.5, 0.6) is 0 Å². The Kier molecular flexibility index (Phi) is 5.46. The second-order valence-corrected chi connectivity index (χ2v) is 9.80. The van der Waals surface area contributed by atoms with Gasteiger partial charge in [-0.2, -0.15) is 0 Å². The number of nitrogens with zero attached hydrogens (tertiary/aromatic N) is 2. The molecule has 0 aliphatic rings. The fraction of sp³-hybridized carbons (Fsp3) is 0.0476. The van der Waals surface area contributed by atoms with Gasteiger partial charge in [0.1, 0.15) is 0 Å². The zero-order chi connectivity index (χ0) is 21.3. The van der Waals surface area contributed by atoms with E-state index in [1.54, 1.807) is 30.3 Å². The summed E-state index contributed by atoms with van der Waals surface area (Å²) in [4.78, 5) is 17.1.